The minimum Gasteiger partial charge on any atom is -0.493 e. The lowest BCUT2D eigenvalue weighted by atomic mass is 10.0. The molecule has 1 aromatic carbocycles. The van der Waals surface area contributed by atoms with E-state index in [0.29, 0.717) is 18.8 Å². The first kappa shape index (κ1) is 11.0. The van der Waals surface area contributed by atoms with Crippen molar-refractivity contribution in [2.45, 2.75) is 25.5 Å². The molecule has 0 radical (unpaired) electrons. The van der Waals surface area contributed by atoms with Gasteiger partial charge < -0.3 is 15.2 Å². The molecule has 4 heteroatoms. The second-order valence-electron chi connectivity index (χ2n) is 3.93. The molecule has 2 atom stereocenters. The van der Waals surface area contributed by atoms with Crippen LogP contribution in [0.3, 0.4) is 0 Å². The maximum atomic E-state index is 11.0. The molecule has 2 N–H and O–H groups in total. The van der Waals surface area contributed by atoms with E-state index in [0.717, 1.165) is 5.56 Å². The number of hydrogen-bond acceptors (Lipinski definition) is 3. The maximum absolute atomic E-state index is 11.0. The van der Waals surface area contributed by atoms with E-state index in [1.165, 1.54) is 6.92 Å². The highest BCUT2D eigenvalue weighted by Gasteiger charge is 2.27. The molecule has 1 aliphatic heterocycles. The highest BCUT2D eigenvalue weighted by molar-refractivity contribution is 5.73. The first-order chi connectivity index (χ1) is 7.68. The average Bonchev–Trinajstić information content (AvgIpc) is 2.40. The summed E-state index contributed by atoms with van der Waals surface area (Å²) in [7, 11) is 0. The minimum atomic E-state index is -0.706. The van der Waals surface area contributed by atoms with Crippen molar-refractivity contribution in [2.24, 2.45) is 0 Å². The van der Waals surface area contributed by atoms with Crippen LogP contribution in [0.15, 0.2) is 24.3 Å². The van der Waals surface area contributed by atoms with Gasteiger partial charge in [0.05, 0.1) is 12.6 Å². The Kier molecular flexibility index (Phi) is 3.10. The molecular weight excluding hydrogens is 206 g/mol. The van der Waals surface area contributed by atoms with Gasteiger partial charge in [-0.15, -0.1) is 0 Å². The van der Waals surface area contributed by atoms with E-state index < -0.39 is 6.10 Å². The number of para-hydroxylation sites is 1. The van der Waals surface area contributed by atoms with Crippen LogP contribution in [0.5, 0.6) is 5.75 Å². The number of rotatable bonds is 1. The molecular formula is C12H15NO3. The van der Waals surface area contributed by atoms with Crippen molar-refractivity contribution >= 4 is 5.91 Å². The van der Waals surface area contributed by atoms with Crippen LogP contribution >= 0.6 is 0 Å². The number of ether oxygens (including phenoxy) is 1. The number of carbonyl (C=O) groups excluding carboxylic acids is 1. The summed E-state index contributed by atoms with van der Waals surface area (Å²) in [4.78, 5) is 11.0. The van der Waals surface area contributed by atoms with Gasteiger partial charge in [0, 0.05) is 18.9 Å². The molecule has 0 spiro atoms. The van der Waals surface area contributed by atoms with Crippen LogP contribution in [0.1, 0.15) is 25.0 Å². The number of nitrogens with one attached hydrogen (secondary N) is 1. The lowest BCUT2D eigenvalue weighted by Crippen LogP contribution is -2.38. The molecule has 1 aromatic rings. The summed E-state index contributed by atoms with van der Waals surface area (Å²) < 4.78 is 5.52. The lowest BCUT2D eigenvalue weighted by Gasteiger charge is -2.20. The third kappa shape index (κ3) is 2.17. The first-order valence-corrected chi connectivity index (χ1v) is 5.35. The first-order valence-electron chi connectivity index (χ1n) is 5.35. The third-order valence-electron chi connectivity index (χ3n) is 2.69. The Balaban J connectivity index is 2.26. The smallest absolute Gasteiger partial charge is 0.217 e. The second kappa shape index (κ2) is 4.53. The van der Waals surface area contributed by atoms with Gasteiger partial charge in [-0.2, -0.15) is 0 Å². The van der Waals surface area contributed by atoms with E-state index in [1.807, 2.05) is 24.3 Å². The third-order valence-corrected chi connectivity index (χ3v) is 2.69. The van der Waals surface area contributed by atoms with Gasteiger partial charge >= 0.3 is 0 Å². The van der Waals surface area contributed by atoms with E-state index in [4.69, 9.17) is 4.74 Å². The van der Waals surface area contributed by atoms with Crippen LogP contribution in [0.2, 0.25) is 0 Å². The molecule has 0 saturated carbocycles. The summed E-state index contributed by atoms with van der Waals surface area (Å²) in [6.45, 7) is 1.95. The van der Waals surface area contributed by atoms with Gasteiger partial charge in [0.25, 0.3) is 0 Å². The molecule has 86 valence electrons. The highest BCUT2D eigenvalue weighted by Crippen LogP contribution is 2.31. The minimum absolute atomic E-state index is 0.136. The number of fused-ring (bicyclic) bond motifs is 1. The summed E-state index contributed by atoms with van der Waals surface area (Å²) in [6, 6.07) is 7.09. The SMILES string of the molecule is CC(=O)NC1CCOc2ccccc2C1O. The zero-order valence-electron chi connectivity index (χ0n) is 9.14. The molecule has 0 fully saturated rings. The number of aliphatic hydroxyl groups excluding tert-OH is 1. The van der Waals surface area contributed by atoms with Crippen molar-refractivity contribution < 1.29 is 14.6 Å². The van der Waals surface area contributed by atoms with Crippen LogP contribution in [0.25, 0.3) is 0 Å². The van der Waals surface area contributed by atoms with Gasteiger partial charge in [-0.25, -0.2) is 0 Å². The topological polar surface area (TPSA) is 58.6 Å². The number of aliphatic hydroxyl groups is 1. The summed E-state index contributed by atoms with van der Waals surface area (Å²) in [6.07, 6.45) is -0.0994. The summed E-state index contributed by atoms with van der Waals surface area (Å²) in [5.41, 5.74) is 0.735. The van der Waals surface area contributed by atoms with Crippen molar-refractivity contribution in [3.05, 3.63) is 29.8 Å². The van der Waals surface area contributed by atoms with Crippen LogP contribution in [-0.4, -0.2) is 23.7 Å². The van der Waals surface area contributed by atoms with E-state index in [1.54, 1.807) is 0 Å². The Bertz CT molecular complexity index is 392. The Labute approximate surface area is 94.2 Å². The van der Waals surface area contributed by atoms with Crippen LogP contribution < -0.4 is 10.1 Å². The fraction of sp³-hybridized carbons (Fsp3) is 0.417. The number of carbonyl (C=O) groups is 1. The predicted molar refractivity (Wildman–Crippen MR) is 59.1 cm³/mol. The Hall–Kier alpha value is -1.55. The molecule has 0 saturated heterocycles. The van der Waals surface area contributed by atoms with Crippen molar-refractivity contribution in [3.63, 3.8) is 0 Å². The molecule has 0 bridgehead atoms. The molecule has 1 aliphatic rings. The van der Waals surface area contributed by atoms with Gasteiger partial charge in [0.1, 0.15) is 11.9 Å². The lowest BCUT2D eigenvalue weighted by molar-refractivity contribution is -0.120. The van der Waals surface area contributed by atoms with Gasteiger partial charge in [0.2, 0.25) is 5.91 Å². The van der Waals surface area contributed by atoms with Crippen molar-refractivity contribution in [1.29, 1.82) is 0 Å². The number of hydrogen-bond donors (Lipinski definition) is 2. The standard InChI is InChI=1S/C12H15NO3/c1-8(14)13-10-6-7-16-11-5-3-2-4-9(11)12(10)15/h2-5,10,12,15H,6-7H2,1H3,(H,13,14). The monoisotopic (exact) mass is 221 g/mol. The van der Waals surface area contributed by atoms with E-state index in [2.05, 4.69) is 5.32 Å². The van der Waals surface area contributed by atoms with E-state index in [-0.39, 0.29) is 11.9 Å². The molecule has 2 rings (SSSR count). The molecule has 1 heterocycles. The molecule has 2 unspecified atom stereocenters. The Morgan fingerprint density at radius 2 is 2.25 bits per heavy atom. The van der Waals surface area contributed by atoms with Crippen molar-refractivity contribution in [3.8, 4) is 5.75 Å². The van der Waals surface area contributed by atoms with Crippen LogP contribution in [0, 0.1) is 0 Å². The Morgan fingerprint density at radius 3 is 3.00 bits per heavy atom. The maximum Gasteiger partial charge on any atom is 0.217 e. The van der Waals surface area contributed by atoms with Crippen molar-refractivity contribution in [1.82, 2.24) is 5.32 Å². The van der Waals surface area contributed by atoms with E-state index >= 15 is 0 Å². The predicted octanol–water partition coefficient (Wildman–Crippen LogP) is 1.01. The van der Waals surface area contributed by atoms with Gasteiger partial charge in [-0.3, -0.25) is 4.79 Å². The number of amides is 1. The summed E-state index contributed by atoms with van der Waals surface area (Å²) in [5, 5.41) is 12.9. The molecule has 4 nitrogen and oxygen atoms in total. The van der Waals surface area contributed by atoms with Gasteiger partial charge in [-0.05, 0) is 6.07 Å². The zero-order valence-corrected chi connectivity index (χ0v) is 9.14. The molecule has 0 aromatic heterocycles. The molecule has 16 heavy (non-hydrogen) atoms. The van der Waals surface area contributed by atoms with Crippen LogP contribution in [0.4, 0.5) is 0 Å². The Morgan fingerprint density at radius 1 is 1.50 bits per heavy atom. The van der Waals surface area contributed by atoms with Crippen molar-refractivity contribution in [2.75, 3.05) is 6.61 Å². The summed E-state index contributed by atoms with van der Waals surface area (Å²) >= 11 is 0. The van der Waals surface area contributed by atoms with Gasteiger partial charge in [0.15, 0.2) is 0 Å². The fourth-order valence-corrected chi connectivity index (χ4v) is 1.94. The quantitative estimate of drug-likeness (QED) is 0.744. The molecule has 0 aliphatic carbocycles. The van der Waals surface area contributed by atoms with E-state index in [9.17, 15) is 9.90 Å². The van der Waals surface area contributed by atoms with Crippen LogP contribution in [-0.2, 0) is 4.79 Å². The zero-order chi connectivity index (χ0) is 11.5. The number of benzene rings is 1. The molecule has 1 amide bonds. The fourth-order valence-electron chi connectivity index (χ4n) is 1.94. The average molecular weight is 221 g/mol. The largest absolute Gasteiger partial charge is 0.493 e. The summed E-state index contributed by atoms with van der Waals surface area (Å²) in [5.74, 6) is 0.561. The normalized spacial score (nSPS) is 23.9. The highest BCUT2D eigenvalue weighted by atomic mass is 16.5. The van der Waals surface area contributed by atoms with Gasteiger partial charge in [-0.1, -0.05) is 18.2 Å². The second-order valence-corrected chi connectivity index (χ2v) is 3.93.